The van der Waals surface area contributed by atoms with Crippen LogP contribution in [0.2, 0.25) is 0 Å². The highest BCUT2D eigenvalue weighted by molar-refractivity contribution is 5.94. The molecule has 4 rings (SSSR count). The topological polar surface area (TPSA) is 60.1 Å². The van der Waals surface area contributed by atoms with E-state index in [1.807, 2.05) is 36.5 Å². The maximum atomic E-state index is 12.2. The summed E-state index contributed by atoms with van der Waals surface area (Å²) in [5.41, 5.74) is 3.34. The van der Waals surface area contributed by atoms with Crippen molar-refractivity contribution in [3.63, 3.8) is 0 Å². The Kier molecular flexibility index (Phi) is 3.98. The molecule has 0 saturated heterocycles. The SMILES string of the molecule is CC(=Cc1ccccc1)C1CC(=O)Nc2c1cnn2Cc1ccco1. The Morgan fingerprint density at radius 1 is 1.32 bits per heavy atom. The zero-order valence-corrected chi connectivity index (χ0v) is 14.0. The molecule has 5 heteroatoms. The van der Waals surface area contributed by atoms with Crippen molar-refractivity contribution in [2.45, 2.75) is 25.8 Å². The fraction of sp³-hybridized carbons (Fsp3) is 0.200. The van der Waals surface area contributed by atoms with Crippen molar-refractivity contribution in [1.29, 1.82) is 0 Å². The predicted octanol–water partition coefficient (Wildman–Crippen LogP) is 4.05. The molecule has 1 unspecified atom stereocenters. The quantitative estimate of drug-likeness (QED) is 0.783. The van der Waals surface area contributed by atoms with Crippen LogP contribution < -0.4 is 5.32 Å². The first kappa shape index (κ1) is 15.4. The van der Waals surface area contributed by atoms with Gasteiger partial charge < -0.3 is 9.73 Å². The molecular weight excluding hydrogens is 314 g/mol. The third kappa shape index (κ3) is 3.13. The van der Waals surface area contributed by atoms with E-state index in [9.17, 15) is 4.79 Å². The summed E-state index contributed by atoms with van der Waals surface area (Å²) in [6.45, 7) is 2.57. The van der Waals surface area contributed by atoms with Gasteiger partial charge in [0, 0.05) is 17.9 Å². The summed E-state index contributed by atoms with van der Waals surface area (Å²) in [5.74, 6) is 1.62. The van der Waals surface area contributed by atoms with Gasteiger partial charge in [-0.1, -0.05) is 42.0 Å². The van der Waals surface area contributed by atoms with Crippen molar-refractivity contribution in [3.05, 3.63) is 77.4 Å². The molecule has 3 aromatic rings. The fourth-order valence-electron chi connectivity index (χ4n) is 3.26. The standard InChI is InChI=1S/C20H19N3O2/c1-14(10-15-6-3-2-4-7-15)17-11-19(24)22-20-18(17)12-21-23(20)13-16-8-5-9-25-16/h2-10,12,17H,11,13H2,1H3,(H,22,24). The van der Waals surface area contributed by atoms with Gasteiger partial charge >= 0.3 is 0 Å². The molecule has 0 saturated carbocycles. The Balaban J connectivity index is 1.67. The Morgan fingerprint density at radius 3 is 2.92 bits per heavy atom. The number of allylic oxidation sites excluding steroid dienone is 1. The van der Waals surface area contributed by atoms with E-state index in [2.05, 4.69) is 35.5 Å². The number of hydrogen-bond acceptors (Lipinski definition) is 3. The van der Waals surface area contributed by atoms with Crippen LogP contribution in [0.25, 0.3) is 6.08 Å². The lowest BCUT2D eigenvalue weighted by Gasteiger charge is -2.24. The lowest BCUT2D eigenvalue weighted by molar-refractivity contribution is -0.116. The second kappa shape index (κ2) is 6.43. The molecule has 1 aliphatic rings. The summed E-state index contributed by atoms with van der Waals surface area (Å²) >= 11 is 0. The van der Waals surface area contributed by atoms with Crippen LogP contribution in [0, 0.1) is 0 Å². The molecule has 0 spiro atoms. The summed E-state index contributed by atoms with van der Waals surface area (Å²) in [7, 11) is 0. The molecule has 25 heavy (non-hydrogen) atoms. The Bertz CT molecular complexity index is 908. The molecule has 5 nitrogen and oxygen atoms in total. The van der Waals surface area contributed by atoms with E-state index < -0.39 is 0 Å². The number of amides is 1. The number of carbonyl (C=O) groups is 1. The summed E-state index contributed by atoms with van der Waals surface area (Å²) in [6, 6.07) is 13.9. The van der Waals surface area contributed by atoms with Crippen molar-refractivity contribution in [2.24, 2.45) is 0 Å². The smallest absolute Gasteiger partial charge is 0.226 e. The van der Waals surface area contributed by atoms with Crippen LogP contribution in [0.3, 0.4) is 0 Å². The zero-order valence-electron chi connectivity index (χ0n) is 14.0. The van der Waals surface area contributed by atoms with Crippen LogP contribution in [0.15, 0.2) is 64.9 Å². The molecule has 3 heterocycles. The van der Waals surface area contributed by atoms with Crippen LogP contribution in [0.4, 0.5) is 5.82 Å². The maximum absolute atomic E-state index is 12.2. The summed E-state index contributed by atoms with van der Waals surface area (Å²) < 4.78 is 7.18. The largest absolute Gasteiger partial charge is 0.467 e. The van der Waals surface area contributed by atoms with Crippen molar-refractivity contribution < 1.29 is 9.21 Å². The minimum absolute atomic E-state index is 0.0134. The van der Waals surface area contributed by atoms with Gasteiger partial charge in [0.15, 0.2) is 0 Å². The molecule has 0 aliphatic carbocycles. The van der Waals surface area contributed by atoms with Gasteiger partial charge in [0.1, 0.15) is 18.1 Å². The van der Waals surface area contributed by atoms with E-state index in [1.165, 1.54) is 0 Å². The van der Waals surface area contributed by atoms with E-state index in [4.69, 9.17) is 4.42 Å². The monoisotopic (exact) mass is 333 g/mol. The van der Waals surface area contributed by atoms with Gasteiger partial charge in [-0.15, -0.1) is 0 Å². The van der Waals surface area contributed by atoms with Crippen molar-refractivity contribution >= 4 is 17.8 Å². The molecule has 0 bridgehead atoms. The number of benzene rings is 1. The zero-order chi connectivity index (χ0) is 17.2. The number of fused-ring (bicyclic) bond motifs is 1. The Morgan fingerprint density at radius 2 is 2.16 bits per heavy atom. The highest BCUT2D eigenvalue weighted by Crippen LogP contribution is 2.37. The first-order valence-corrected chi connectivity index (χ1v) is 8.32. The summed E-state index contributed by atoms with van der Waals surface area (Å²) in [5, 5.41) is 7.42. The number of furan rings is 1. The average molecular weight is 333 g/mol. The van der Waals surface area contributed by atoms with Crippen LogP contribution in [-0.2, 0) is 11.3 Å². The number of nitrogens with zero attached hydrogens (tertiary/aromatic N) is 2. The van der Waals surface area contributed by atoms with Crippen LogP contribution in [0.5, 0.6) is 0 Å². The minimum atomic E-state index is 0.0134. The number of hydrogen-bond donors (Lipinski definition) is 1. The second-order valence-electron chi connectivity index (χ2n) is 6.29. The lowest BCUT2D eigenvalue weighted by Crippen LogP contribution is -2.25. The number of anilines is 1. The highest BCUT2D eigenvalue weighted by atomic mass is 16.3. The molecule has 1 amide bonds. The maximum Gasteiger partial charge on any atom is 0.226 e. The van der Waals surface area contributed by atoms with Crippen molar-refractivity contribution in [3.8, 4) is 0 Å². The van der Waals surface area contributed by atoms with E-state index in [0.29, 0.717) is 13.0 Å². The molecule has 2 aromatic heterocycles. The lowest BCUT2D eigenvalue weighted by atomic mass is 9.87. The Labute approximate surface area is 146 Å². The molecule has 0 radical (unpaired) electrons. The first-order valence-electron chi connectivity index (χ1n) is 8.32. The van der Waals surface area contributed by atoms with Gasteiger partial charge in [-0.2, -0.15) is 5.10 Å². The second-order valence-corrected chi connectivity index (χ2v) is 6.29. The van der Waals surface area contributed by atoms with Gasteiger partial charge in [-0.3, -0.25) is 4.79 Å². The number of nitrogens with one attached hydrogen (secondary N) is 1. The fourth-order valence-corrected chi connectivity index (χ4v) is 3.26. The molecule has 1 N–H and O–H groups in total. The van der Waals surface area contributed by atoms with Crippen LogP contribution in [-0.4, -0.2) is 15.7 Å². The van der Waals surface area contributed by atoms with Gasteiger partial charge in [-0.25, -0.2) is 4.68 Å². The van der Waals surface area contributed by atoms with Crippen molar-refractivity contribution in [1.82, 2.24) is 9.78 Å². The number of rotatable bonds is 4. The van der Waals surface area contributed by atoms with E-state index >= 15 is 0 Å². The Hall–Kier alpha value is -3.08. The normalized spacial score (nSPS) is 17.2. The number of aromatic nitrogens is 2. The van der Waals surface area contributed by atoms with Gasteiger partial charge in [-0.05, 0) is 24.6 Å². The third-order valence-electron chi connectivity index (χ3n) is 4.52. The minimum Gasteiger partial charge on any atom is -0.467 e. The van der Waals surface area contributed by atoms with Gasteiger partial charge in [0.2, 0.25) is 5.91 Å². The predicted molar refractivity (Wildman–Crippen MR) is 96.1 cm³/mol. The molecule has 126 valence electrons. The molecule has 1 aromatic carbocycles. The van der Waals surface area contributed by atoms with E-state index in [-0.39, 0.29) is 11.8 Å². The third-order valence-corrected chi connectivity index (χ3v) is 4.52. The highest BCUT2D eigenvalue weighted by Gasteiger charge is 2.29. The molecule has 1 aliphatic heterocycles. The summed E-state index contributed by atoms with van der Waals surface area (Å²) in [6.07, 6.45) is 6.07. The van der Waals surface area contributed by atoms with E-state index in [0.717, 1.165) is 28.3 Å². The average Bonchev–Trinajstić information content (AvgIpc) is 3.26. The van der Waals surface area contributed by atoms with Gasteiger partial charge in [0.25, 0.3) is 0 Å². The number of carbonyl (C=O) groups excluding carboxylic acids is 1. The van der Waals surface area contributed by atoms with Gasteiger partial charge in [0.05, 0.1) is 12.5 Å². The molecular formula is C20H19N3O2. The van der Waals surface area contributed by atoms with Crippen molar-refractivity contribution in [2.75, 3.05) is 5.32 Å². The van der Waals surface area contributed by atoms with E-state index in [1.54, 1.807) is 10.9 Å². The first-order chi connectivity index (χ1) is 12.2. The van der Waals surface area contributed by atoms with Crippen LogP contribution in [0.1, 0.15) is 36.1 Å². The summed E-state index contributed by atoms with van der Waals surface area (Å²) in [4.78, 5) is 12.2. The van der Waals surface area contributed by atoms with Crippen LogP contribution >= 0.6 is 0 Å². The molecule has 0 fully saturated rings. The molecule has 1 atom stereocenters.